The van der Waals surface area contributed by atoms with Crippen molar-refractivity contribution >= 4 is 10.8 Å². The van der Waals surface area contributed by atoms with Crippen LogP contribution in [0, 0.1) is 5.92 Å². The first-order chi connectivity index (χ1) is 9.13. The molecule has 0 saturated carbocycles. The highest BCUT2D eigenvalue weighted by atomic mass is 16.5. The van der Waals surface area contributed by atoms with E-state index in [4.69, 9.17) is 4.74 Å². The average molecular weight is 257 g/mol. The lowest BCUT2D eigenvalue weighted by Crippen LogP contribution is -2.15. The molecule has 0 saturated heterocycles. The van der Waals surface area contributed by atoms with Gasteiger partial charge < -0.3 is 10.1 Å². The number of nitrogens with one attached hydrogen (secondary N) is 1. The van der Waals surface area contributed by atoms with E-state index in [9.17, 15) is 0 Å². The summed E-state index contributed by atoms with van der Waals surface area (Å²) in [6.45, 7) is 7.25. The van der Waals surface area contributed by atoms with E-state index in [1.165, 1.54) is 16.3 Å². The molecule has 0 aromatic heterocycles. The first kappa shape index (κ1) is 13.9. The zero-order chi connectivity index (χ0) is 13.8. The molecule has 0 fully saturated rings. The maximum atomic E-state index is 6.09. The van der Waals surface area contributed by atoms with Crippen LogP contribution in [0.4, 0.5) is 0 Å². The van der Waals surface area contributed by atoms with Crippen LogP contribution < -0.4 is 10.1 Å². The smallest absolute Gasteiger partial charge is 0.131 e. The Kier molecular flexibility index (Phi) is 4.43. The van der Waals surface area contributed by atoms with Crippen molar-refractivity contribution in [2.24, 2.45) is 5.92 Å². The van der Waals surface area contributed by atoms with Crippen LogP contribution in [0.25, 0.3) is 10.8 Å². The van der Waals surface area contributed by atoms with Crippen LogP contribution in [0.3, 0.4) is 0 Å². The first-order valence-corrected chi connectivity index (χ1v) is 6.95. The Bertz CT molecular complexity index is 548. The van der Waals surface area contributed by atoms with Crippen molar-refractivity contribution in [3.05, 3.63) is 42.0 Å². The minimum absolute atomic E-state index is 0.284. The highest BCUT2D eigenvalue weighted by molar-refractivity contribution is 5.89. The minimum Gasteiger partial charge on any atom is -0.492 e. The quantitative estimate of drug-likeness (QED) is 0.868. The largest absolute Gasteiger partial charge is 0.492 e. The molecule has 1 atom stereocenters. The van der Waals surface area contributed by atoms with Crippen molar-refractivity contribution in [3.8, 4) is 5.75 Å². The molecule has 1 unspecified atom stereocenters. The highest BCUT2D eigenvalue weighted by Crippen LogP contribution is 2.33. The van der Waals surface area contributed by atoms with Crippen LogP contribution in [-0.2, 0) is 0 Å². The Morgan fingerprint density at radius 2 is 1.79 bits per heavy atom. The number of benzene rings is 2. The van der Waals surface area contributed by atoms with Crippen LogP contribution >= 0.6 is 0 Å². The third-order valence-corrected chi connectivity index (χ3v) is 3.37. The molecule has 2 nitrogen and oxygen atoms in total. The van der Waals surface area contributed by atoms with Gasteiger partial charge in [-0.2, -0.15) is 0 Å². The first-order valence-electron chi connectivity index (χ1n) is 6.95. The van der Waals surface area contributed by atoms with Crippen LogP contribution in [0.2, 0.25) is 0 Å². The monoisotopic (exact) mass is 257 g/mol. The SMILES string of the molecule is CNC(C)c1ccc2ccccc2c1OCC(C)C. The summed E-state index contributed by atoms with van der Waals surface area (Å²) in [6, 6.07) is 13.0. The van der Waals surface area contributed by atoms with Crippen molar-refractivity contribution in [3.63, 3.8) is 0 Å². The number of ether oxygens (including phenoxy) is 1. The molecule has 0 bridgehead atoms. The fourth-order valence-corrected chi connectivity index (χ4v) is 2.17. The Balaban J connectivity index is 2.51. The zero-order valence-corrected chi connectivity index (χ0v) is 12.2. The molecule has 0 aliphatic heterocycles. The van der Waals surface area contributed by atoms with Gasteiger partial charge in [0.1, 0.15) is 5.75 Å². The maximum absolute atomic E-state index is 6.09. The Labute approximate surface area is 115 Å². The second-order valence-corrected chi connectivity index (χ2v) is 5.42. The fraction of sp³-hybridized carbons (Fsp3) is 0.412. The van der Waals surface area contributed by atoms with Crippen LogP contribution in [0.5, 0.6) is 5.75 Å². The fourth-order valence-electron chi connectivity index (χ4n) is 2.17. The molecule has 2 aromatic rings. The van der Waals surface area contributed by atoms with Crippen molar-refractivity contribution < 1.29 is 4.74 Å². The van der Waals surface area contributed by atoms with Crippen molar-refractivity contribution in [1.29, 1.82) is 0 Å². The van der Waals surface area contributed by atoms with E-state index in [1.807, 2.05) is 7.05 Å². The molecule has 0 heterocycles. The molecule has 0 aliphatic carbocycles. The normalized spacial score (nSPS) is 12.9. The second-order valence-electron chi connectivity index (χ2n) is 5.42. The third kappa shape index (κ3) is 3.07. The minimum atomic E-state index is 0.284. The third-order valence-electron chi connectivity index (χ3n) is 3.37. The van der Waals surface area contributed by atoms with Crippen LogP contribution in [-0.4, -0.2) is 13.7 Å². The number of hydrogen-bond donors (Lipinski definition) is 1. The average Bonchev–Trinajstić information content (AvgIpc) is 2.43. The molecule has 19 heavy (non-hydrogen) atoms. The topological polar surface area (TPSA) is 21.3 Å². The standard InChI is InChI=1S/C17H23NO/c1-12(2)11-19-17-15(13(3)18-4)10-9-14-7-5-6-8-16(14)17/h5-10,12-13,18H,11H2,1-4H3. The summed E-state index contributed by atoms with van der Waals surface area (Å²) in [4.78, 5) is 0. The summed E-state index contributed by atoms with van der Waals surface area (Å²) < 4.78 is 6.09. The molecular formula is C17H23NO. The van der Waals surface area contributed by atoms with Gasteiger partial charge in [0.15, 0.2) is 0 Å². The molecule has 2 heteroatoms. The molecule has 0 radical (unpaired) electrons. The molecular weight excluding hydrogens is 234 g/mol. The summed E-state index contributed by atoms with van der Waals surface area (Å²) in [5.74, 6) is 1.55. The maximum Gasteiger partial charge on any atom is 0.131 e. The van der Waals surface area contributed by atoms with Gasteiger partial charge in [-0.15, -0.1) is 0 Å². The van der Waals surface area contributed by atoms with Crippen molar-refractivity contribution in [1.82, 2.24) is 5.32 Å². The van der Waals surface area contributed by atoms with Crippen LogP contribution in [0.1, 0.15) is 32.4 Å². The summed E-state index contributed by atoms with van der Waals surface area (Å²) in [7, 11) is 1.98. The van der Waals surface area contributed by atoms with Gasteiger partial charge in [0.2, 0.25) is 0 Å². The van der Waals surface area contributed by atoms with Gasteiger partial charge >= 0.3 is 0 Å². The van der Waals surface area contributed by atoms with Gasteiger partial charge in [-0.3, -0.25) is 0 Å². The summed E-state index contributed by atoms with van der Waals surface area (Å²) in [5, 5.41) is 5.72. The number of hydrogen-bond acceptors (Lipinski definition) is 2. The van der Waals surface area contributed by atoms with E-state index in [0.717, 1.165) is 12.4 Å². The van der Waals surface area contributed by atoms with E-state index < -0.39 is 0 Å². The van der Waals surface area contributed by atoms with Gasteiger partial charge in [0.25, 0.3) is 0 Å². The molecule has 0 aliphatic rings. The van der Waals surface area contributed by atoms with Crippen molar-refractivity contribution in [2.75, 3.05) is 13.7 Å². The van der Waals surface area contributed by atoms with Gasteiger partial charge in [0, 0.05) is 17.0 Å². The molecule has 102 valence electrons. The van der Waals surface area contributed by atoms with E-state index in [-0.39, 0.29) is 6.04 Å². The Morgan fingerprint density at radius 1 is 1.05 bits per heavy atom. The summed E-state index contributed by atoms with van der Waals surface area (Å²) in [6.07, 6.45) is 0. The molecule has 1 N–H and O–H groups in total. The number of rotatable bonds is 5. The molecule has 2 rings (SSSR count). The second kappa shape index (κ2) is 6.07. The highest BCUT2D eigenvalue weighted by Gasteiger charge is 2.13. The molecule has 0 amide bonds. The van der Waals surface area contributed by atoms with E-state index in [1.54, 1.807) is 0 Å². The van der Waals surface area contributed by atoms with Crippen LogP contribution in [0.15, 0.2) is 36.4 Å². The van der Waals surface area contributed by atoms with Gasteiger partial charge in [0.05, 0.1) is 6.61 Å². The lowest BCUT2D eigenvalue weighted by atomic mass is 10.0. The lowest BCUT2D eigenvalue weighted by Gasteiger charge is -2.19. The van der Waals surface area contributed by atoms with E-state index >= 15 is 0 Å². The van der Waals surface area contributed by atoms with Gasteiger partial charge in [-0.05, 0) is 25.3 Å². The van der Waals surface area contributed by atoms with Gasteiger partial charge in [-0.1, -0.05) is 50.2 Å². The predicted octanol–water partition coefficient (Wildman–Crippen LogP) is 4.16. The number of fused-ring (bicyclic) bond motifs is 1. The molecule has 0 spiro atoms. The summed E-state index contributed by atoms with van der Waals surface area (Å²) in [5.41, 5.74) is 1.22. The van der Waals surface area contributed by atoms with E-state index in [0.29, 0.717) is 5.92 Å². The Morgan fingerprint density at radius 3 is 2.47 bits per heavy atom. The Hall–Kier alpha value is -1.54. The zero-order valence-electron chi connectivity index (χ0n) is 12.2. The van der Waals surface area contributed by atoms with E-state index in [2.05, 4.69) is 62.5 Å². The lowest BCUT2D eigenvalue weighted by molar-refractivity contribution is 0.270. The molecule has 2 aromatic carbocycles. The predicted molar refractivity (Wildman–Crippen MR) is 81.8 cm³/mol. The van der Waals surface area contributed by atoms with Gasteiger partial charge in [-0.25, -0.2) is 0 Å². The summed E-state index contributed by atoms with van der Waals surface area (Å²) >= 11 is 0. The van der Waals surface area contributed by atoms with Crippen molar-refractivity contribution in [2.45, 2.75) is 26.8 Å².